The summed E-state index contributed by atoms with van der Waals surface area (Å²) in [7, 11) is 0. The average molecular weight is 289 g/mol. The molecule has 0 radical (unpaired) electrons. The molecule has 1 amide bonds. The van der Waals surface area contributed by atoms with Crippen molar-refractivity contribution in [2.24, 2.45) is 0 Å². The Bertz CT molecular complexity index is 366. The van der Waals surface area contributed by atoms with Crippen molar-refractivity contribution < 1.29 is 4.79 Å². The molecule has 82 valence electrons. The number of carbonyl (C=O) groups excluding carboxylic acids is 1. The van der Waals surface area contributed by atoms with Crippen LogP contribution in [0.5, 0.6) is 0 Å². The van der Waals surface area contributed by atoms with Crippen molar-refractivity contribution in [2.75, 3.05) is 19.6 Å². The molecule has 1 saturated heterocycles. The second-order valence-electron chi connectivity index (χ2n) is 3.65. The summed E-state index contributed by atoms with van der Waals surface area (Å²) in [6, 6.07) is 2.20. The number of amides is 1. The normalized spacial score (nSPS) is 21.7. The zero-order chi connectivity index (χ0) is 10.8. The molecule has 1 aliphatic rings. The van der Waals surface area contributed by atoms with Crippen LogP contribution >= 0.6 is 27.3 Å². The van der Waals surface area contributed by atoms with Gasteiger partial charge in [-0.25, -0.2) is 0 Å². The maximum absolute atomic E-state index is 12.2. The molecular formula is C10H13BrN2OS. The van der Waals surface area contributed by atoms with E-state index in [0.717, 1.165) is 29.0 Å². The first-order chi connectivity index (χ1) is 7.20. The van der Waals surface area contributed by atoms with Crippen LogP contribution in [0, 0.1) is 0 Å². The number of hydrogen-bond donors (Lipinski definition) is 1. The van der Waals surface area contributed by atoms with E-state index in [1.54, 1.807) is 0 Å². The standard InChI is InChI=1S/C10H13BrN2OS/c1-7-6-12-3-4-13(7)10(14)9-8(11)2-5-15-9/h2,5,7,12H,3-4,6H2,1H3. The first kappa shape index (κ1) is 11.1. The van der Waals surface area contributed by atoms with Crippen LogP contribution in [-0.2, 0) is 0 Å². The Hall–Kier alpha value is -0.390. The van der Waals surface area contributed by atoms with Crippen LogP contribution in [0.2, 0.25) is 0 Å². The maximum Gasteiger partial charge on any atom is 0.265 e. The smallest absolute Gasteiger partial charge is 0.265 e. The molecular weight excluding hydrogens is 276 g/mol. The predicted molar refractivity (Wildman–Crippen MR) is 65.4 cm³/mol. The van der Waals surface area contributed by atoms with E-state index in [1.807, 2.05) is 16.3 Å². The number of nitrogens with zero attached hydrogens (tertiary/aromatic N) is 1. The molecule has 0 aromatic carbocycles. The molecule has 1 unspecified atom stereocenters. The SMILES string of the molecule is CC1CNCCN1C(=O)c1sccc1Br. The number of nitrogens with one attached hydrogen (secondary N) is 1. The molecule has 1 N–H and O–H groups in total. The summed E-state index contributed by atoms with van der Waals surface area (Å²) in [4.78, 5) is 14.9. The molecule has 0 spiro atoms. The Balaban J connectivity index is 2.17. The fourth-order valence-corrected chi connectivity index (χ4v) is 3.22. The first-order valence-electron chi connectivity index (χ1n) is 4.95. The molecule has 1 fully saturated rings. The number of carbonyl (C=O) groups is 1. The third kappa shape index (κ3) is 2.24. The molecule has 2 heterocycles. The van der Waals surface area contributed by atoms with E-state index in [2.05, 4.69) is 28.2 Å². The highest BCUT2D eigenvalue weighted by Crippen LogP contribution is 2.25. The summed E-state index contributed by atoms with van der Waals surface area (Å²) >= 11 is 4.90. The summed E-state index contributed by atoms with van der Waals surface area (Å²) in [6.07, 6.45) is 0. The fourth-order valence-electron chi connectivity index (χ4n) is 1.72. The summed E-state index contributed by atoms with van der Waals surface area (Å²) < 4.78 is 0.906. The van der Waals surface area contributed by atoms with Crippen molar-refractivity contribution in [2.45, 2.75) is 13.0 Å². The lowest BCUT2D eigenvalue weighted by atomic mass is 10.2. The van der Waals surface area contributed by atoms with Gasteiger partial charge >= 0.3 is 0 Å². The lowest BCUT2D eigenvalue weighted by Gasteiger charge is -2.33. The summed E-state index contributed by atoms with van der Waals surface area (Å²) in [5.41, 5.74) is 0. The molecule has 0 bridgehead atoms. The van der Waals surface area contributed by atoms with Gasteiger partial charge in [0.15, 0.2) is 0 Å². The molecule has 0 saturated carbocycles. The maximum atomic E-state index is 12.2. The minimum Gasteiger partial charge on any atom is -0.333 e. The van der Waals surface area contributed by atoms with Gasteiger partial charge in [-0.1, -0.05) is 0 Å². The topological polar surface area (TPSA) is 32.3 Å². The monoisotopic (exact) mass is 288 g/mol. The van der Waals surface area contributed by atoms with Crippen LogP contribution in [0.15, 0.2) is 15.9 Å². The largest absolute Gasteiger partial charge is 0.333 e. The highest BCUT2D eigenvalue weighted by atomic mass is 79.9. The Morgan fingerprint density at radius 2 is 2.53 bits per heavy atom. The Kier molecular flexibility index (Phi) is 3.43. The first-order valence-corrected chi connectivity index (χ1v) is 6.62. The van der Waals surface area contributed by atoms with Crippen molar-refractivity contribution in [3.63, 3.8) is 0 Å². The Morgan fingerprint density at radius 1 is 1.73 bits per heavy atom. The van der Waals surface area contributed by atoms with Gasteiger partial charge in [0.25, 0.3) is 5.91 Å². The van der Waals surface area contributed by atoms with Gasteiger partial charge in [0, 0.05) is 30.1 Å². The van der Waals surface area contributed by atoms with Gasteiger partial charge < -0.3 is 10.2 Å². The zero-order valence-corrected chi connectivity index (χ0v) is 10.9. The van der Waals surface area contributed by atoms with Gasteiger partial charge in [-0.2, -0.15) is 0 Å². The van der Waals surface area contributed by atoms with E-state index < -0.39 is 0 Å². The minimum atomic E-state index is 0.144. The van der Waals surface area contributed by atoms with Crippen LogP contribution in [0.25, 0.3) is 0 Å². The van der Waals surface area contributed by atoms with Crippen LogP contribution < -0.4 is 5.32 Å². The lowest BCUT2D eigenvalue weighted by molar-refractivity contribution is 0.0660. The van der Waals surface area contributed by atoms with E-state index in [9.17, 15) is 4.79 Å². The van der Waals surface area contributed by atoms with Gasteiger partial charge in [0.1, 0.15) is 4.88 Å². The van der Waals surface area contributed by atoms with E-state index in [0.29, 0.717) is 0 Å². The second kappa shape index (κ2) is 4.63. The summed E-state index contributed by atoms with van der Waals surface area (Å²) in [5, 5.41) is 5.21. The van der Waals surface area contributed by atoms with Crippen LogP contribution in [0.4, 0.5) is 0 Å². The minimum absolute atomic E-state index is 0.144. The Labute approximate surface area is 102 Å². The molecule has 0 aliphatic carbocycles. The van der Waals surface area contributed by atoms with Crippen molar-refractivity contribution in [3.8, 4) is 0 Å². The van der Waals surface area contributed by atoms with E-state index in [4.69, 9.17) is 0 Å². The third-order valence-electron chi connectivity index (χ3n) is 2.57. The van der Waals surface area contributed by atoms with Crippen LogP contribution in [0.1, 0.15) is 16.6 Å². The predicted octanol–water partition coefficient (Wildman–Crippen LogP) is 1.94. The second-order valence-corrected chi connectivity index (χ2v) is 5.42. The van der Waals surface area contributed by atoms with Gasteiger partial charge in [-0.3, -0.25) is 4.79 Å². The van der Waals surface area contributed by atoms with Crippen LogP contribution in [-0.4, -0.2) is 36.5 Å². The van der Waals surface area contributed by atoms with Gasteiger partial charge in [0.2, 0.25) is 0 Å². The molecule has 1 atom stereocenters. The van der Waals surface area contributed by atoms with Crippen LogP contribution in [0.3, 0.4) is 0 Å². The van der Waals surface area contributed by atoms with E-state index in [1.165, 1.54) is 11.3 Å². The van der Waals surface area contributed by atoms with Crippen molar-refractivity contribution in [1.29, 1.82) is 0 Å². The zero-order valence-electron chi connectivity index (χ0n) is 8.50. The summed E-state index contributed by atoms with van der Waals surface area (Å²) in [6.45, 7) is 4.64. The highest BCUT2D eigenvalue weighted by Gasteiger charge is 2.25. The van der Waals surface area contributed by atoms with Crippen molar-refractivity contribution in [3.05, 3.63) is 20.8 Å². The lowest BCUT2D eigenvalue weighted by Crippen LogP contribution is -2.52. The molecule has 1 aromatic rings. The average Bonchev–Trinajstić information content (AvgIpc) is 2.64. The fraction of sp³-hybridized carbons (Fsp3) is 0.500. The van der Waals surface area contributed by atoms with Crippen molar-refractivity contribution in [1.82, 2.24) is 10.2 Å². The molecule has 15 heavy (non-hydrogen) atoms. The van der Waals surface area contributed by atoms with E-state index in [-0.39, 0.29) is 11.9 Å². The van der Waals surface area contributed by atoms with E-state index >= 15 is 0 Å². The van der Waals surface area contributed by atoms with Crippen molar-refractivity contribution >= 4 is 33.2 Å². The molecule has 1 aliphatic heterocycles. The molecule has 2 rings (SSSR count). The number of piperazine rings is 1. The number of halogens is 1. The Morgan fingerprint density at radius 3 is 3.13 bits per heavy atom. The molecule has 5 heteroatoms. The van der Waals surface area contributed by atoms with Gasteiger partial charge in [-0.15, -0.1) is 11.3 Å². The molecule has 1 aromatic heterocycles. The quantitative estimate of drug-likeness (QED) is 0.857. The third-order valence-corrected chi connectivity index (χ3v) is 4.40. The highest BCUT2D eigenvalue weighted by molar-refractivity contribution is 9.10. The van der Waals surface area contributed by atoms with Gasteiger partial charge in [0.05, 0.1) is 0 Å². The number of thiophene rings is 1. The summed E-state index contributed by atoms with van der Waals surface area (Å²) in [5.74, 6) is 0.144. The number of hydrogen-bond acceptors (Lipinski definition) is 3. The van der Waals surface area contributed by atoms with Gasteiger partial charge in [-0.05, 0) is 34.3 Å². The molecule has 3 nitrogen and oxygen atoms in total. The number of rotatable bonds is 1.